The van der Waals surface area contributed by atoms with Gasteiger partial charge in [0, 0.05) is 22.4 Å². The van der Waals surface area contributed by atoms with Crippen molar-refractivity contribution in [3.63, 3.8) is 0 Å². The van der Waals surface area contributed by atoms with Crippen LogP contribution in [0.4, 0.5) is 0 Å². The Kier molecular flexibility index (Phi) is 3.56. The van der Waals surface area contributed by atoms with Gasteiger partial charge in [-0.25, -0.2) is 0 Å². The van der Waals surface area contributed by atoms with Crippen molar-refractivity contribution in [3.05, 3.63) is 0 Å². The van der Waals surface area contributed by atoms with Gasteiger partial charge in [-0.3, -0.25) is 0 Å². The molecule has 1 rings (SSSR count). The molecule has 0 bridgehead atoms. The van der Waals surface area contributed by atoms with Gasteiger partial charge in [-0.1, -0.05) is 0 Å². The molecule has 1 saturated heterocycles. The zero-order valence-corrected chi connectivity index (χ0v) is 6.00. The van der Waals surface area contributed by atoms with Crippen molar-refractivity contribution in [3.8, 4) is 0 Å². The van der Waals surface area contributed by atoms with Crippen LogP contribution in [0.15, 0.2) is 0 Å². The van der Waals surface area contributed by atoms with Gasteiger partial charge in [-0.05, 0) is 0 Å². The monoisotopic (exact) mass is 289 g/mol. The van der Waals surface area contributed by atoms with Gasteiger partial charge in [0.1, 0.15) is 0 Å². The average molecular weight is 289 g/mol. The fraction of sp³-hybridized carbons (Fsp3) is 1.00. The van der Waals surface area contributed by atoms with Crippen molar-refractivity contribution in [2.45, 2.75) is 6.10 Å². The Balaban J connectivity index is 0.000000250. The molecule has 41 valence electrons. The minimum absolute atomic E-state index is 0. The van der Waals surface area contributed by atoms with Crippen molar-refractivity contribution >= 4 is 11.6 Å². The Morgan fingerprint density at radius 2 is 2.33 bits per heavy atom. The van der Waals surface area contributed by atoms with Crippen LogP contribution >= 0.6 is 11.6 Å². The molecule has 3 heteroatoms. The molecular weight excluding hydrogens is 284 g/mol. The summed E-state index contributed by atoms with van der Waals surface area (Å²) in [5, 5.41) is 0. The van der Waals surface area contributed by atoms with Crippen LogP contribution in [-0.4, -0.2) is 18.6 Å². The number of ether oxygens (including phenoxy) is 1. The molecular formula is C3H5AuClO. The average Bonchev–Trinajstić information content (AvgIpc) is 2.12. The zero-order valence-electron chi connectivity index (χ0n) is 3.08. The zero-order chi connectivity index (χ0) is 3.70. The quantitative estimate of drug-likeness (QED) is 0.392. The largest absolute Gasteiger partial charge is 0.372 e. The number of epoxide rings is 1. The van der Waals surface area contributed by atoms with Crippen molar-refractivity contribution in [2.24, 2.45) is 0 Å². The van der Waals surface area contributed by atoms with E-state index in [-0.39, 0.29) is 22.4 Å². The van der Waals surface area contributed by atoms with Gasteiger partial charge in [-0.15, -0.1) is 11.6 Å². The molecule has 1 heterocycles. The van der Waals surface area contributed by atoms with E-state index in [0.29, 0.717) is 12.0 Å². The van der Waals surface area contributed by atoms with Gasteiger partial charge >= 0.3 is 0 Å². The fourth-order valence-electron chi connectivity index (χ4n) is 0.157. The number of alkyl halides is 1. The van der Waals surface area contributed by atoms with E-state index in [1.807, 2.05) is 0 Å². The third-order valence-electron chi connectivity index (χ3n) is 0.574. The van der Waals surface area contributed by atoms with Crippen molar-refractivity contribution in [1.82, 2.24) is 0 Å². The van der Waals surface area contributed by atoms with Crippen LogP contribution in [0.2, 0.25) is 0 Å². The predicted molar refractivity (Wildman–Crippen MR) is 20.5 cm³/mol. The van der Waals surface area contributed by atoms with Crippen LogP contribution in [-0.2, 0) is 27.1 Å². The smallest absolute Gasteiger partial charge is 0.0944 e. The molecule has 0 aliphatic carbocycles. The Labute approximate surface area is 57.5 Å². The number of hydrogen-bond acceptors (Lipinski definition) is 1. The molecule has 1 atom stereocenters. The Morgan fingerprint density at radius 3 is 2.33 bits per heavy atom. The molecule has 1 fully saturated rings. The van der Waals surface area contributed by atoms with Crippen molar-refractivity contribution in [1.29, 1.82) is 0 Å². The minimum atomic E-state index is 0. The molecule has 1 unspecified atom stereocenters. The summed E-state index contributed by atoms with van der Waals surface area (Å²) >= 11 is 5.27. The van der Waals surface area contributed by atoms with Crippen LogP contribution in [0.1, 0.15) is 0 Å². The number of halogens is 1. The van der Waals surface area contributed by atoms with Gasteiger partial charge in [-0.2, -0.15) is 0 Å². The van der Waals surface area contributed by atoms with E-state index in [9.17, 15) is 0 Å². The molecule has 0 spiro atoms. The van der Waals surface area contributed by atoms with E-state index in [0.717, 1.165) is 6.61 Å². The summed E-state index contributed by atoms with van der Waals surface area (Å²) < 4.78 is 4.73. The molecule has 1 radical (unpaired) electrons. The first-order valence-electron chi connectivity index (χ1n) is 1.61. The second-order valence-corrected chi connectivity index (χ2v) is 1.42. The third-order valence-corrected chi connectivity index (χ3v) is 0.919. The predicted octanol–water partition coefficient (Wildman–Crippen LogP) is 0.621. The molecule has 0 N–H and O–H groups in total. The van der Waals surface area contributed by atoms with E-state index in [1.165, 1.54) is 0 Å². The minimum Gasteiger partial charge on any atom is -0.372 e. The number of hydrogen-bond donors (Lipinski definition) is 0. The van der Waals surface area contributed by atoms with E-state index >= 15 is 0 Å². The summed E-state index contributed by atoms with van der Waals surface area (Å²) in [5.74, 6) is 0.667. The van der Waals surface area contributed by atoms with Crippen LogP contribution in [0, 0.1) is 0 Å². The van der Waals surface area contributed by atoms with Gasteiger partial charge in [0.2, 0.25) is 0 Å². The maximum Gasteiger partial charge on any atom is 0.0944 e. The second-order valence-electron chi connectivity index (χ2n) is 1.11. The maximum absolute atomic E-state index is 5.27. The summed E-state index contributed by atoms with van der Waals surface area (Å²) in [6, 6.07) is 0. The van der Waals surface area contributed by atoms with Gasteiger partial charge in [0.05, 0.1) is 18.6 Å². The molecule has 1 aliphatic heterocycles. The van der Waals surface area contributed by atoms with Crippen molar-refractivity contribution in [2.75, 3.05) is 12.5 Å². The molecule has 0 aromatic carbocycles. The van der Waals surface area contributed by atoms with E-state index in [4.69, 9.17) is 16.3 Å². The van der Waals surface area contributed by atoms with Crippen LogP contribution in [0.3, 0.4) is 0 Å². The first-order chi connectivity index (χ1) is 2.43. The molecule has 0 aromatic rings. The summed E-state index contributed by atoms with van der Waals surface area (Å²) in [4.78, 5) is 0. The van der Waals surface area contributed by atoms with Gasteiger partial charge in [0.25, 0.3) is 0 Å². The molecule has 0 aromatic heterocycles. The normalized spacial score (nSPS) is 28.5. The summed E-state index contributed by atoms with van der Waals surface area (Å²) in [7, 11) is 0. The summed E-state index contributed by atoms with van der Waals surface area (Å²) in [6.07, 6.45) is 0.400. The van der Waals surface area contributed by atoms with E-state index in [2.05, 4.69) is 0 Å². The Morgan fingerprint density at radius 1 is 1.83 bits per heavy atom. The van der Waals surface area contributed by atoms with Gasteiger partial charge in [0.15, 0.2) is 0 Å². The van der Waals surface area contributed by atoms with Gasteiger partial charge < -0.3 is 4.74 Å². The van der Waals surface area contributed by atoms with Crippen LogP contribution in [0.25, 0.3) is 0 Å². The van der Waals surface area contributed by atoms with E-state index in [1.54, 1.807) is 0 Å². The first kappa shape index (κ1) is 6.99. The summed E-state index contributed by atoms with van der Waals surface area (Å²) in [5.41, 5.74) is 0. The molecule has 0 amide bonds. The fourth-order valence-corrected chi connectivity index (χ4v) is 0.335. The van der Waals surface area contributed by atoms with Crippen molar-refractivity contribution < 1.29 is 27.1 Å². The Bertz CT molecular complexity index is 37.8. The topological polar surface area (TPSA) is 12.5 Å². The Hall–Kier alpha value is 0.990. The van der Waals surface area contributed by atoms with Crippen LogP contribution in [0.5, 0.6) is 0 Å². The third kappa shape index (κ3) is 2.21. The summed E-state index contributed by atoms with van der Waals surface area (Å²) in [6.45, 7) is 0.878. The van der Waals surface area contributed by atoms with E-state index < -0.39 is 0 Å². The maximum atomic E-state index is 5.27. The molecule has 0 saturated carbocycles. The molecule has 1 nitrogen and oxygen atoms in total. The second kappa shape index (κ2) is 3.05. The first-order valence-corrected chi connectivity index (χ1v) is 2.14. The SMILES string of the molecule is ClCC1CO1.[Au]. The molecule has 6 heavy (non-hydrogen) atoms. The molecule has 1 aliphatic rings. The standard InChI is InChI=1S/C3H5ClO.Au/c4-1-3-2-5-3;/h3H,1-2H2;. The number of rotatable bonds is 1. The van der Waals surface area contributed by atoms with Crippen LogP contribution < -0.4 is 0 Å².